The molecule has 140 valence electrons. The minimum absolute atomic E-state index is 0.0733. The number of benzene rings is 2. The highest BCUT2D eigenvalue weighted by molar-refractivity contribution is 6.05. The molecule has 2 aromatic carbocycles. The smallest absolute Gasteiger partial charge is 0.339 e. The monoisotopic (exact) mass is 374 g/mol. The Labute approximate surface area is 162 Å². The van der Waals surface area contributed by atoms with E-state index >= 15 is 0 Å². The van der Waals surface area contributed by atoms with Crippen LogP contribution >= 0.6 is 0 Å². The summed E-state index contributed by atoms with van der Waals surface area (Å²) in [6.45, 7) is -0.348. The molecular weight excluding hydrogens is 356 g/mol. The van der Waals surface area contributed by atoms with Crippen molar-refractivity contribution in [3.05, 3.63) is 60.2 Å². The predicted octanol–water partition coefficient (Wildman–Crippen LogP) is 2.82. The molecule has 0 radical (unpaired) electrons. The predicted molar refractivity (Wildman–Crippen MR) is 106 cm³/mol. The van der Waals surface area contributed by atoms with E-state index in [0.717, 1.165) is 5.56 Å². The summed E-state index contributed by atoms with van der Waals surface area (Å²) in [6, 6.07) is 16.4. The van der Waals surface area contributed by atoms with Crippen LogP contribution in [0.1, 0.15) is 10.4 Å². The highest BCUT2D eigenvalue weighted by atomic mass is 16.5. The van der Waals surface area contributed by atoms with E-state index in [9.17, 15) is 9.59 Å². The highest BCUT2D eigenvalue weighted by Crippen LogP contribution is 2.28. The Kier molecular flexibility index (Phi) is 5.87. The van der Waals surface area contributed by atoms with Crippen molar-refractivity contribution in [2.75, 3.05) is 20.3 Å². The third-order valence-electron chi connectivity index (χ3n) is 4.03. The van der Waals surface area contributed by atoms with E-state index in [0.29, 0.717) is 27.9 Å². The number of nitrogens with zero attached hydrogens (tertiary/aromatic N) is 1. The zero-order valence-corrected chi connectivity index (χ0v) is 15.3. The number of rotatable bonds is 6. The third kappa shape index (κ3) is 4.27. The number of esters is 1. The first-order valence-electron chi connectivity index (χ1n) is 8.54. The maximum absolute atomic E-state index is 12.7. The molecule has 0 unspecified atom stereocenters. The van der Waals surface area contributed by atoms with E-state index in [2.05, 4.69) is 16.2 Å². The minimum Gasteiger partial charge on any atom is -0.497 e. The van der Waals surface area contributed by atoms with Crippen molar-refractivity contribution in [2.24, 2.45) is 0 Å². The first kappa shape index (κ1) is 18.9. The normalized spacial score (nSPS) is 10.1. The number of aromatic nitrogens is 1. The van der Waals surface area contributed by atoms with Crippen LogP contribution in [0.2, 0.25) is 0 Å². The molecule has 0 atom stereocenters. The summed E-state index contributed by atoms with van der Waals surface area (Å²) in [4.78, 5) is 29.0. The Hall–Kier alpha value is -3.85. The van der Waals surface area contributed by atoms with Gasteiger partial charge in [-0.15, -0.1) is 6.42 Å². The van der Waals surface area contributed by atoms with E-state index < -0.39 is 18.5 Å². The summed E-state index contributed by atoms with van der Waals surface area (Å²) in [5.41, 5.74) is 2.40. The number of fused-ring (bicyclic) bond motifs is 1. The number of amides is 1. The molecule has 0 aliphatic rings. The van der Waals surface area contributed by atoms with Gasteiger partial charge in [-0.05, 0) is 24.3 Å². The minimum atomic E-state index is -0.631. The topological polar surface area (TPSA) is 77.5 Å². The molecule has 0 aliphatic carbocycles. The Morgan fingerprint density at radius 2 is 1.93 bits per heavy atom. The summed E-state index contributed by atoms with van der Waals surface area (Å²) in [5.74, 6) is 1.77. The van der Waals surface area contributed by atoms with Gasteiger partial charge in [0.15, 0.2) is 6.61 Å². The standard InChI is InChI=1S/C22H18N2O4/c1-3-11-23-21(25)14-28-22(26)18-13-20(15-7-5-4-6-8-15)24-19-10-9-16(27-2)12-17(18)19/h1,4-10,12-13H,11,14H2,2H3,(H,23,25). The van der Waals surface area contributed by atoms with Gasteiger partial charge in [-0.2, -0.15) is 0 Å². The Morgan fingerprint density at radius 3 is 2.64 bits per heavy atom. The number of hydrogen-bond acceptors (Lipinski definition) is 5. The lowest BCUT2D eigenvalue weighted by Crippen LogP contribution is -2.29. The maximum Gasteiger partial charge on any atom is 0.339 e. The molecule has 1 N–H and O–H groups in total. The van der Waals surface area contributed by atoms with Crippen molar-refractivity contribution in [2.45, 2.75) is 0 Å². The number of carbonyl (C=O) groups is 2. The molecule has 1 amide bonds. The molecule has 1 aromatic heterocycles. The van der Waals surface area contributed by atoms with Gasteiger partial charge in [-0.3, -0.25) is 4.79 Å². The summed E-state index contributed by atoms with van der Waals surface area (Å²) in [7, 11) is 1.54. The number of hydrogen-bond donors (Lipinski definition) is 1. The number of nitrogens with one attached hydrogen (secondary N) is 1. The highest BCUT2D eigenvalue weighted by Gasteiger charge is 2.17. The van der Waals surface area contributed by atoms with Crippen LogP contribution in [0.5, 0.6) is 5.75 Å². The molecule has 0 fully saturated rings. The van der Waals surface area contributed by atoms with Gasteiger partial charge in [-0.1, -0.05) is 36.3 Å². The van der Waals surface area contributed by atoms with Crippen LogP contribution in [0.15, 0.2) is 54.6 Å². The summed E-state index contributed by atoms with van der Waals surface area (Å²) >= 11 is 0. The molecule has 0 saturated heterocycles. The van der Waals surface area contributed by atoms with Crippen LogP contribution in [0.3, 0.4) is 0 Å². The van der Waals surface area contributed by atoms with Crippen LogP contribution in [0.25, 0.3) is 22.2 Å². The Morgan fingerprint density at radius 1 is 1.14 bits per heavy atom. The summed E-state index contributed by atoms with van der Waals surface area (Å²) < 4.78 is 10.4. The van der Waals surface area contributed by atoms with Gasteiger partial charge in [-0.25, -0.2) is 9.78 Å². The summed E-state index contributed by atoms with van der Waals surface area (Å²) in [6.07, 6.45) is 5.09. The quantitative estimate of drug-likeness (QED) is 0.530. The van der Waals surface area contributed by atoms with E-state index in [-0.39, 0.29) is 6.54 Å². The second kappa shape index (κ2) is 8.69. The molecular formula is C22H18N2O4. The molecule has 6 heteroatoms. The van der Waals surface area contributed by atoms with Crippen molar-refractivity contribution in [3.63, 3.8) is 0 Å². The fourth-order valence-corrected chi connectivity index (χ4v) is 2.67. The number of methoxy groups -OCH3 is 1. The number of carbonyl (C=O) groups excluding carboxylic acids is 2. The Balaban J connectivity index is 1.99. The van der Waals surface area contributed by atoms with Crippen LogP contribution in [-0.2, 0) is 9.53 Å². The lowest BCUT2D eigenvalue weighted by atomic mass is 10.0. The fourth-order valence-electron chi connectivity index (χ4n) is 2.67. The number of ether oxygens (including phenoxy) is 2. The van der Waals surface area contributed by atoms with Crippen molar-refractivity contribution in [1.82, 2.24) is 10.3 Å². The second-order valence-electron chi connectivity index (χ2n) is 5.86. The third-order valence-corrected chi connectivity index (χ3v) is 4.03. The van der Waals surface area contributed by atoms with Crippen molar-refractivity contribution >= 4 is 22.8 Å². The van der Waals surface area contributed by atoms with Gasteiger partial charge in [0.1, 0.15) is 5.75 Å². The van der Waals surface area contributed by atoms with Gasteiger partial charge >= 0.3 is 5.97 Å². The van der Waals surface area contributed by atoms with Crippen molar-refractivity contribution in [3.8, 4) is 29.4 Å². The molecule has 0 aliphatic heterocycles. The first-order valence-corrected chi connectivity index (χ1v) is 8.54. The van der Waals surface area contributed by atoms with Gasteiger partial charge in [0, 0.05) is 10.9 Å². The maximum atomic E-state index is 12.7. The SMILES string of the molecule is C#CCNC(=O)COC(=O)c1cc(-c2ccccc2)nc2ccc(OC)cc12. The molecule has 0 spiro atoms. The molecule has 3 rings (SSSR count). The fraction of sp³-hybridized carbons (Fsp3) is 0.136. The van der Waals surface area contributed by atoms with Gasteiger partial charge in [0.05, 0.1) is 30.4 Å². The van der Waals surface area contributed by atoms with Gasteiger partial charge in [0.2, 0.25) is 0 Å². The number of pyridine rings is 1. The molecule has 3 aromatic rings. The largest absolute Gasteiger partial charge is 0.497 e. The van der Waals surface area contributed by atoms with Crippen molar-refractivity contribution < 1.29 is 19.1 Å². The zero-order valence-electron chi connectivity index (χ0n) is 15.3. The van der Waals surface area contributed by atoms with Crippen LogP contribution in [-0.4, -0.2) is 37.1 Å². The van der Waals surface area contributed by atoms with Crippen LogP contribution in [0.4, 0.5) is 0 Å². The molecule has 0 saturated carbocycles. The molecule has 1 heterocycles. The van der Waals surface area contributed by atoms with Gasteiger partial charge in [0.25, 0.3) is 5.91 Å². The molecule has 0 bridgehead atoms. The zero-order chi connectivity index (χ0) is 19.9. The summed E-state index contributed by atoms with van der Waals surface area (Å²) in [5, 5.41) is 3.02. The first-order chi connectivity index (χ1) is 13.6. The van der Waals surface area contributed by atoms with E-state index in [4.69, 9.17) is 15.9 Å². The lowest BCUT2D eigenvalue weighted by Gasteiger charge is -2.11. The van der Waals surface area contributed by atoms with E-state index in [1.165, 1.54) is 0 Å². The van der Waals surface area contributed by atoms with Crippen molar-refractivity contribution in [1.29, 1.82) is 0 Å². The van der Waals surface area contributed by atoms with E-state index in [1.54, 1.807) is 31.4 Å². The second-order valence-corrected chi connectivity index (χ2v) is 5.86. The average molecular weight is 374 g/mol. The molecule has 28 heavy (non-hydrogen) atoms. The van der Waals surface area contributed by atoms with Crippen LogP contribution < -0.4 is 10.1 Å². The van der Waals surface area contributed by atoms with Crippen LogP contribution in [0, 0.1) is 12.3 Å². The van der Waals surface area contributed by atoms with Gasteiger partial charge < -0.3 is 14.8 Å². The average Bonchev–Trinajstić information content (AvgIpc) is 2.75. The lowest BCUT2D eigenvalue weighted by molar-refractivity contribution is -0.123. The Bertz CT molecular complexity index is 1060. The molecule has 6 nitrogen and oxygen atoms in total. The van der Waals surface area contributed by atoms with E-state index in [1.807, 2.05) is 30.3 Å². The number of terminal acetylenes is 1.